The van der Waals surface area contributed by atoms with Crippen molar-refractivity contribution < 1.29 is 15.0 Å². The molecule has 2 rings (SSSR count). The highest BCUT2D eigenvalue weighted by Gasteiger charge is 2.42. The molecule has 1 aromatic rings. The summed E-state index contributed by atoms with van der Waals surface area (Å²) in [6.45, 7) is 2.47. The lowest BCUT2D eigenvalue weighted by molar-refractivity contribution is -0.0827. The number of carbonyl (C=O) groups is 1. The molecule has 17 heavy (non-hydrogen) atoms. The van der Waals surface area contributed by atoms with Crippen molar-refractivity contribution in [2.24, 2.45) is 0 Å². The number of carbonyl (C=O) groups excluding carboxylic acids is 1. The van der Waals surface area contributed by atoms with Crippen LogP contribution in [-0.4, -0.2) is 39.7 Å². The van der Waals surface area contributed by atoms with E-state index in [0.717, 1.165) is 0 Å². The van der Waals surface area contributed by atoms with Crippen molar-refractivity contribution in [2.45, 2.75) is 18.9 Å². The largest absolute Gasteiger partial charge is 0.507 e. The van der Waals surface area contributed by atoms with Gasteiger partial charge in [0.25, 0.3) is 5.91 Å². The van der Waals surface area contributed by atoms with Crippen molar-refractivity contribution in [3.8, 4) is 5.75 Å². The third kappa shape index (κ3) is 2.23. The van der Waals surface area contributed by atoms with Gasteiger partial charge in [-0.15, -0.1) is 0 Å². The average Bonchev–Trinajstić information content (AvgIpc) is 2.27. The zero-order valence-electron chi connectivity index (χ0n) is 9.48. The summed E-state index contributed by atoms with van der Waals surface area (Å²) in [6, 6.07) is 4.34. The summed E-state index contributed by atoms with van der Waals surface area (Å²) in [5.74, 6) is -0.394. The Bertz CT molecular complexity index is 455. The van der Waals surface area contributed by atoms with E-state index in [-0.39, 0.29) is 17.2 Å². The van der Waals surface area contributed by atoms with Crippen molar-refractivity contribution in [1.29, 1.82) is 0 Å². The van der Waals surface area contributed by atoms with E-state index in [1.807, 2.05) is 6.92 Å². The fourth-order valence-electron chi connectivity index (χ4n) is 1.88. The van der Waals surface area contributed by atoms with Crippen LogP contribution in [0.1, 0.15) is 23.7 Å². The molecule has 0 unspecified atom stereocenters. The number of rotatable bonds is 2. The van der Waals surface area contributed by atoms with Crippen LogP contribution in [0.3, 0.4) is 0 Å². The van der Waals surface area contributed by atoms with Crippen molar-refractivity contribution in [2.75, 3.05) is 13.1 Å². The summed E-state index contributed by atoms with van der Waals surface area (Å²) < 4.78 is 0. The van der Waals surface area contributed by atoms with Gasteiger partial charge in [0, 0.05) is 5.02 Å². The molecular weight excluding hydrogens is 242 g/mol. The summed E-state index contributed by atoms with van der Waals surface area (Å²) in [7, 11) is 0. The van der Waals surface area contributed by atoms with Crippen LogP contribution < -0.4 is 0 Å². The van der Waals surface area contributed by atoms with Crippen LogP contribution in [-0.2, 0) is 0 Å². The van der Waals surface area contributed by atoms with E-state index in [9.17, 15) is 15.0 Å². The highest BCUT2D eigenvalue weighted by molar-refractivity contribution is 6.31. The maximum atomic E-state index is 12.0. The highest BCUT2D eigenvalue weighted by Crippen LogP contribution is 2.29. The van der Waals surface area contributed by atoms with E-state index in [4.69, 9.17) is 11.6 Å². The predicted octanol–water partition coefficient (Wildman–Crippen LogP) is 1.64. The number of likely N-dealkylation sites (tertiary alicyclic amines) is 1. The molecule has 1 amide bonds. The Labute approximate surface area is 104 Å². The third-order valence-corrected chi connectivity index (χ3v) is 3.34. The molecule has 1 saturated heterocycles. The van der Waals surface area contributed by atoms with Gasteiger partial charge in [-0.2, -0.15) is 0 Å². The Morgan fingerprint density at radius 3 is 2.76 bits per heavy atom. The van der Waals surface area contributed by atoms with Crippen LogP contribution in [0.25, 0.3) is 0 Å². The Morgan fingerprint density at radius 2 is 2.18 bits per heavy atom. The number of hydrogen-bond acceptors (Lipinski definition) is 3. The Kier molecular flexibility index (Phi) is 3.02. The second-order valence-electron chi connectivity index (χ2n) is 4.40. The van der Waals surface area contributed by atoms with Crippen molar-refractivity contribution in [3.05, 3.63) is 28.8 Å². The molecule has 0 spiro atoms. The minimum atomic E-state index is -0.774. The molecule has 1 aliphatic heterocycles. The zero-order valence-corrected chi connectivity index (χ0v) is 10.2. The molecule has 0 aliphatic carbocycles. The molecule has 4 nitrogen and oxygen atoms in total. The maximum absolute atomic E-state index is 12.0. The molecule has 2 N–H and O–H groups in total. The van der Waals surface area contributed by atoms with E-state index in [1.165, 1.54) is 23.1 Å². The second kappa shape index (κ2) is 4.20. The summed E-state index contributed by atoms with van der Waals surface area (Å²) >= 11 is 5.78. The summed E-state index contributed by atoms with van der Waals surface area (Å²) in [5, 5.41) is 19.8. The lowest BCUT2D eigenvalue weighted by Crippen LogP contribution is -2.63. The molecule has 0 aromatic heterocycles. The van der Waals surface area contributed by atoms with E-state index in [0.29, 0.717) is 24.5 Å². The molecule has 1 aliphatic rings. The molecule has 1 heterocycles. The van der Waals surface area contributed by atoms with Crippen LogP contribution in [0, 0.1) is 0 Å². The van der Waals surface area contributed by atoms with Gasteiger partial charge in [-0.1, -0.05) is 18.5 Å². The van der Waals surface area contributed by atoms with Gasteiger partial charge in [0.2, 0.25) is 0 Å². The van der Waals surface area contributed by atoms with E-state index in [1.54, 1.807) is 0 Å². The number of nitrogens with zero attached hydrogens (tertiary/aromatic N) is 1. The van der Waals surface area contributed by atoms with Crippen LogP contribution in [0.2, 0.25) is 5.02 Å². The SMILES string of the molecule is CCC1(O)CN(C(=O)c2cc(Cl)ccc2O)C1. The van der Waals surface area contributed by atoms with Crippen LogP contribution in [0.15, 0.2) is 18.2 Å². The fraction of sp³-hybridized carbons (Fsp3) is 0.417. The Balaban J connectivity index is 2.14. The van der Waals surface area contributed by atoms with Gasteiger partial charge < -0.3 is 15.1 Å². The first-order chi connectivity index (χ1) is 7.95. The number of hydrogen-bond donors (Lipinski definition) is 2. The van der Waals surface area contributed by atoms with Crippen molar-refractivity contribution in [3.63, 3.8) is 0 Å². The maximum Gasteiger partial charge on any atom is 0.257 e. The standard InChI is InChI=1S/C12H14ClNO3/c1-2-12(17)6-14(7-12)11(16)9-5-8(13)3-4-10(9)15/h3-5,15,17H,2,6-7H2,1H3. The topological polar surface area (TPSA) is 60.8 Å². The van der Waals surface area contributed by atoms with Gasteiger partial charge in [0.05, 0.1) is 24.3 Å². The second-order valence-corrected chi connectivity index (χ2v) is 4.84. The molecular formula is C12H14ClNO3. The van der Waals surface area contributed by atoms with Gasteiger partial charge in [0.15, 0.2) is 0 Å². The van der Waals surface area contributed by atoms with Gasteiger partial charge in [0.1, 0.15) is 5.75 Å². The first kappa shape index (κ1) is 12.2. The molecule has 5 heteroatoms. The predicted molar refractivity (Wildman–Crippen MR) is 64.3 cm³/mol. The quantitative estimate of drug-likeness (QED) is 0.845. The number of halogens is 1. The minimum absolute atomic E-state index is 0.0914. The molecule has 0 radical (unpaired) electrons. The highest BCUT2D eigenvalue weighted by atomic mass is 35.5. The summed E-state index contributed by atoms with van der Waals surface area (Å²) in [4.78, 5) is 13.5. The number of aliphatic hydroxyl groups is 1. The summed E-state index contributed by atoms with van der Waals surface area (Å²) in [5.41, 5.74) is -0.597. The van der Waals surface area contributed by atoms with E-state index >= 15 is 0 Å². The Hall–Kier alpha value is -1.26. The van der Waals surface area contributed by atoms with Crippen molar-refractivity contribution >= 4 is 17.5 Å². The van der Waals surface area contributed by atoms with E-state index in [2.05, 4.69) is 0 Å². The van der Waals surface area contributed by atoms with Gasteiger partial charge >= 0.3 is 0 Å². The van der Waals surface area contributed by atoms with Crippen molar-refractivity contribution in [1.82, 2.24) is 4.90 Å². The molecule has 92 valence electrons. The monoisotopic (exact) mass is 255 g/mol. The van der Waals surface area contributed by atoms with Crippen LogP contribution in [0.5, 0.6) is 5.75 Å². The van der Waals surface area contributed by atoms with Gasteiger partial charge in [-0.3, -0.25) is 4.79 Å². The summed E-state index contributed by atoms with van der Waals surface area (Å²) in [6.07, 6.45) is 0.609. The lowest BCUT2D eigenvalue weighted by atomic mass is 9.90. The van der Waals surface area contributed by atoms with Gasteiger partial charge in [-0.05, 0) is 24.6 Å². The van der Waals surface area contributed by atoms with Crippen LogP contribution >= 0.6 is 11.6 Å². The average molecular weight is 256 g/mol. The van der Waals surface area contributed by atoms with Crippen LogP contribution in [0.4, 0.5) is 0 Å². The lowest BCUT2D eigenvalue weighted by Gasteiger charge is -2.46. The number of β-amino-alcohol motifs (C(OH)–C–C–N with tert-alkyl or cyclic N) is 1. The number of phenols is 1. The van der Waals surface area contributed by atoms with Gasteiger partial charge in [-0.25, -0.2) is 0 Å². The Morgan fingerprint density at radius 1 is 1.53 bits per heavy atom. The fourth-order valence-corrected chi connectivity index (χ4v) is 2.05. The van der Waals surface area contributed by atoms with E-state index < -0.39 is 5.60 Å². The third-order valence-electron chi connectivity index (χ3n) is 3.10. The number of aromatic hydroxyl groups is 1. The number of benzene rings is 1. The minimum Gasteiger partial charge on any atom is -0.507 e. The molecule has 0 bridgehead atoms. The number of amides is 1. The first-order valence-corrected chi connectivity index (χ1v) is 5.83. The number of phenolic OH excluding ortho intramolecular Hbond substituents is 1. The normalized spacial score (nSPS) is 17.7. The molecule has 0 atom stereocenters. The molecule has 1 aromatic carbocycles. The first-order valence-electron chi connectivity index (χ1n) is 5.45. The molecule has 0 saturated carbocycles. The zero-order chi connectivity index (χ0) is 12.6. The smallest absolute Gasteiger partial charge is 0.257 e. The molecule has 1 fully saturated rings.